The Kier molecular flexibility index (Phi) is 4.43. The highest BCUT2D eigenvalue weighted by atomic mass is 19.1. The van der Waals surface area contributed by atoms with Crippen molar-refractivity contribution in [2.75, 3.05) is 25.2 Å². The molecule has 3 heterocycles. The van der Waals surface area contributed by atoms with Crippen LogP contribution in [-0.4, -0.2) is 35.7 Å². The van der Waals surface area contributed by atoms with Gasteiger partial charge < -0.3 is 19.8 Å². The Morgan fingerprint density at radius 2 is 2.07 bits per heavy atom. The number of aromatic amines is 1. The normalized spacial score (nSPS) is 15.3. The van der Waals surface area contributed by atoms with Crippen molar-refractivity contribution in [3.05, 3.63) is 63.2 Å². The molecule has 3 aromatic rings. The molecule has 8 heteroatoms. The SMILES string of the molecule is Cc1cc(F)cc2c(=O)c3c([nH]c12)CCN(CC(=O)Nc1ccc2c(c1)OCO2)C3. The van der Waals surface area contributed by atoms with Crippen molar-refractivity contribution >= 4 is 22.5 Å². The minimum Gasteiger partial charge on any atom is -0.454 e. The summed E-state index contributed by atoms with van der Waals surface area (Å²) in [4.78, 5) is 30.7. The fraction of sp³-hybridized carbons (Fsp3) is 0.273. The lowest BCUT2D eigenvalue weighted by Crippen LogP contribution is -2.39. The average molecular weight is 409 g/mol. The van der Waals surface area contributed by atoms with Crippen molar-refractivity contribution in [2.45, 2.75) is 19.9 Å². The topological polar surface area (TPSA) is 83.7 Å². The lowest BCUT2D eigenvalue weighted by Gasteiger charge is -2.28. The van der Waals surface area contributed by atoms with Crippen LogP contribution in [0, 0.1) is 12.7 Å². The average Bonchev–Trinajstić information content (AvgIpc) is 3.17. The fourth-order valence-electron chi connectivity index (χ4n) is 4.08. The number of aromatic nitrogens is 1. The van der Waals surface area contributed by atoms with Crippen molar-refractivity contribution in [2.24, 2.45) is 0 Å². The molecule has 1 aromatic heterocycles. The lowest BCUT2D eigenvalue weighted by atomic mass is 10.0. The molecule has 2 aliphatic rings. The van der Waals surface area contributed by atoms with Crippen LogP contribution in [0.25, 0.3) is 10.9 Å². The molecule has 2 N–H and O–H groups in total. The van der Waals surface area contributed by atoms with E-state index < -0.39 is 5.82 Å². The molecule has 0 fully saturated rings. The molecule has 2 aromatic carbocycles. The Labute approximate surface area is 171 Å². The first kappa shape index (κ1) is 18.6. The number of pyridine rings is 1. The van der Waals surface area contributed by atoms with Crippen molar-refractivity contribution in [1.82, 2.24) is 9.88 Å². The maximum Gasteiger partial charge on any atom is 0.238 e. The number of rotatable bonds is 3. The maximum atomic E-state index is 13.8. The molecular formula is C22H20FN3O4. The van der Waals surface area contributed by atoms with E-state index in [0.29, 0.717) is 58.7 Å². The lowest BCUT2D eigenvalue weighted by molar-refractivity contribution is -0.117. The summed E-state index contributed by atoms with van der Waals surface area (Å²) in [7, 11) is 0. The number of H-pyrrole nitrogens is 1. The highest BCUT2D eigenvalue weighted by molar-refractivity contribution is 5.92. The van der Waals surface area contributed by atoms with Crippen LogP contribution in [0.4, 0.5) is 10.1 Å². The van der Waals surface area contributed by atoms with E-state index >= 15 is 0 Å². The Morgan fingerprint density at radius 1 is 1.23 bits per heavy atom. The highest BCUT2D eigenvalue weighted by Crippen LogP contribution is 2.34. The summed E-state index contributed by atoms with van der Waals surface area (Å²) in [6.45, 7) is 3.08. The summed E-state index contributed by atoms with van der Waals surface area (Å²) in [5, 5.41) is 3.20. The van der Waals surface area contributed by atoms with Gasteiger partial charge in [0, 0.05) is 47.9 Å². The van der Waals surface area contributed by atoms with E-state index in [0.717, 1.165) is 5.69 Å². The first-order valence-electron chi connectivity index (χ1n) is 9.73. The fourth-order valence-corrected chi connectivity index (χ4v) is 4.08. The first-order chi connectivity index (χ1) is 14.5. The van der Waals surface area contributed by atoms with Gasteiger partial charge in [-0.1, -0.05) is 0 Å². The van der Waals surface area contributed by atoms with Gasteiger partial charge in [0.25, 0.3) is 0 Å². The largest absolute Gasteiger partial charge is 0.454 e. The number of fused-ring (bicyclic) bond motifs is 3. The van der Waals surface area contributed by atoms with Crippen molar-refractivity contribution < 1.29 is 18.7 Å². The standard InChI is InChI=1S/C22H20FN3O4/c1-12-6-13(23)7-15-21(12)25-17-4-5-26(9-16(17)22(15)28)10-20(27)24-14-2-3-18-19(8-14)30-11-29-18/h2-3,6-8H,4-5,9-11H2,1H3,(H,24,27)(H,25,28). The molecule has 1 amide bonds. The van der Waals surface area contributed by atoms with Gasteiger partial charge in [-0.3, -0.25) is 14.5 Å². The van der Waals surface area contributed by atoms with E-state index in [1.807, 2.05) is 4.90 Å². The molecule has 0 radical (unpaired) electrons. The van der Waals surface area contributed by atoms with Crippen LogP contribution in [0.15, 0.2) is 35.1 Å². The zero-order valence-electron chi connectivity index (χ0n) is 16.4. The zero-order valence-corrected chi connectivity index (χ0v) is 16.4. The molecule has 0 aliphatic carbocycles. The monoisotopic (exact) mass is 409 g/mol. The molecular weight excluding hydrogens is 389 g/mol. The van der Waals surface area contributed by atoms with E-state index in [1.165, 1.54) is 12.1 Å². The molecule has 0 atom stereocenters. The summed E-state index contributed by atoms with van der Waals surface area (Å²) in [6, 6.07) is 7.91. The number of hydrogen-bond acceptors (Lipinski definition) is 5. The molecule has 0 unspecified atom stereocenters. The second-order valence-corrected chi connectivity index (χ2v) is 7.63. The number of amides is 1. The van der Waals surface area contributed by atoms with Gasteiger partial charge in [0.2, 0.25) is 12.7 Å². The molecule has 0 saturated carbocycles. The van der Waals surface area contributed by atoms with E-state index in [9.17, 15) is 14.0 Å². The molecule has 5 rings (SSSR count). The van der Waals surface area contributed by atoms with Crippen molar-refractivity contribution in [3.63, 3.8) is 0 Å². The van der Waals surface area contributed by atoms with Crippen LogP contribution in [0.1, 0.15) is 16.8 Å². The number of carbonyl (C=O) groups is 1. The van der Waals surface area contributed by atoms with Crippen LogP contribution in [0.2, 0.25) is 0 Å². The second kappa shape index (κ2) is 7.14. The van der Waals surface area contributed by atoms with E-state index in [2.05, 4.69) is 10.3 Å². The number of aryl methyl sites for hydroxylation is 1. The number of anilines is 1. The third-order valence-electron chi connectivity index (χ3n) is 5.54. The number of benzene rings is 2. The van der Waals surface area contributed by atoms with Crippen LogP contribution in [0.5, 0.6) is 11.5 Å². The van der Waals surface area contributed by atoms with E-state index in [-0.39, 0.29) is 24.7 Å². The molecule has 0 saturated heterocycles. The van der Waals surface area contributed by atoms with Gasteiger partial charge in [0.15, 0.2) is 16.9 Å². The molecule has 0 spiro atoms. The summed E-state index contributed by atoms with van der Waals surface area (Å²) in [6.07, 6.45) is 0.620. The van der Waals surface area contributed by atoms with Gasteiger partial charge >= 0.3 is 0 Å². The quantitative estimate of drug-likeness (QED) is 0.695. The summed E-state index contributed by atoms with van der Waals surface area (Å²) < 4.78 is 24.4. The minimum absolute atomic E-state index is 0.146. The van der Waals surface area contributed by atoms with E-state index in [4.69, 9.17) is 9.47 Å². The van der Waals surface area contributed by atoms with Gasteiger partial charge in [-0.2, -0.15) is 0 Å². The second-order valence-electron chi connectivity index (χ2n) is 7.63. The molecule has 7 nitrogen and oxygen atoms in total. The van der Waals surface area contributed by atoms with Crippen LogP contribution in [-0.2, 0) is 17.8 Å². The molecule has 154 valence electrons. The predicted molar refractivity (Wildman–Crippen MR) is 109 cm³/mol. The first-order valence-corrected chi connectivity index (χ1v) is 9.73. The third-order valence-corrected chi connectivity index (χ3v) is 5.54. The maximum absolute atomic E-state index is 13.8. The van der Waals surface area contributed by atoms with Gasteiger partial charge in [-0.05, 0) is 36.8 Å². The van der Waals surface area contributed by atoms with Crippen LogP contribution >= 0.6 is 0 Å². The number of nitrogens with zero attached hydrogens (tertiary/aromatic N) is 1. The van der Waals surface area contributed by atoms with Gasteiger partial charge in [-0.25, -0.2) is 4.39 Å². The Hall–Kier alpha value is -3.39. The van der Waals surface area contributed by atoms with E-state index in [1.54, 1.807) is 25.1 Å². The van der Waals surface area contributed by atoms with Crippen molar-refractivity contribution in [3.8, 4) is 11.5 Å². The van der Waals surface area contributed by atoms with Crippen LogP contribution in [0.3, 0.4) is 0 Å². The summed E-state index contributed by atoms with van der Waals surface area (Å²) >= 11 is 0. The van der Waals surface area contributed by atoms with Gasteiger partial charge in [-0.15, -0.1) is 0 Å². The highest BCUT2D eigenvalue weighted by Gasteiger charge is 2.23. The number of carbonyl (C=O) groups excluding carboxylic acids is 1. The van der Waals surface area contributed by atoms with Gasteiger partial charge in [0.1, 0.15) is 5.82 Å². The zero-order chi connectivity index (χ0) is 20.8. The molecule has 0 bridgehead atoms. The van der Waals surface area contributed by atoms with Gasteiger partial charge in [0.05, 0.1) is 12.1 Å². The summed E-state index contributed by atoms with van der Waals surface area (Å²) in [5.41, 5.74) is 3.27. The Bertz CT molecular complexity index is 1240. The Morgan fingerprint density at radius 3 is 2.93 bits per heavy atom. The Balaban J connectivity index is 1.33. The number of halogens is 1. The smallest absolute Gasteiger partial charge is 0.238 e. The third kappa shape index (κ3) is 3.29. The predicted octanol–water partition coefficient (Wildman–Crippen LogP) is 2.70. The van der Waals surface area contributed by atoms with Crippen LogP contribution < -0.4 is 20.2 Å². The summed E-state index contributed by atoms with van der Waals surface area (Å²) in [5.74, 6) is 0.636. The number of ether oxygens (including phenoxy) is 2. The number of hydrogen-bond donors (Lipinski definition) is 2. The minimum atomic E-state index is -0.429. The van der Waals surface area contributed by atoms with Crippen molar-refractivity contribution in [1.29, 1.82) is 0 Å². The molecule has 30 heavy (non-hydrogen) atoms. The number of nitrogens with one attached hydrogen (secondary N) is 2. The molecule has 2 aliphatic heterocycles.